The molecule has 0 spiro atoms. The van der Waals surface area contributed by atoms with Gasteiger partial charge in [0.15, 0.2) is 0 Å². The Bertz CT molecular complexity index is 1020. The molecule has 0 saturated heterocycles. The second-order valence-corrected chi connectivity index (χ2v) is 9.20. The van der Waals surface area contributed by atoms with Gasteiger partial charge in [0.05, 0.1) is 28.3 Å². The first-order valence-corrected chi connectivity index (χ1v) is 11.9. The van der Waals surface area contributed by atoms with E-state index in [2.05, 4.69) is 63.9 Å². The number of para-hydroxylation sites is 1. The molecule has 0 aliphatic heterocycles. The lowest BCUT2D eigenvalue weighted by Gasteiger charge is -2.12. The van der Waals surface area contributed by atoms with Crippen LogP contribution in [0.4, 0.5) is 11.4 Å². The molecule has 1 unspecified atom stereocenters. The van der Waals surface area contributed by atoms with Crippen LogP contribution in [0.2, 0.25) is 0 Å². The van der Waals surface area contributed by atoms with E-state index in [9.17, 15) is 4.21 Å². The number of hydrogen-bond donors (Lipinski definition) is 2. The van der Waals surface area contributed by atoms with Crippen molar-refractivity contribution in [1.29, 1.82) is 0 Å². The predicted octanol–water partition coefficient (Wildman–Crippen LogP) is 5.11. The Kier molecular flexibility index (Phi) is 7.33. The topological polar surface area (TPSA) is 71.3 Å². The van der Waals surface area contributed by atoms with Crippen molar-refractivity contribution in [2.75, 3.05) is 16.3 Å². The van der Waals surface area contributed by atoms with Crippen LogP contribution in [0, 0.1) is 5.92 Å². The number of rotatable bonds is 10. The Labute approximate surface area is 178 Å². The molecule has 8 heteroatoms. The molecule has 1 atom stereocenters. The maximum Gasteiger partial charge on any atom is 0.113 e. The maximum absolute atomic E-state index is 11.4. The molecule has 154 valence electrons. The Balaban J connectivity index is 1.83. The van der Waals surface area contributed by atoms with Crippen LogP contribution in [0.3, 0.4) is 0 Å². The van der Waals surface area contributed by atoms with Gasteiger partial charge in [0, 0.05) is 35.8 Å². The molecule has 2 N–H and O–H groups in total. The Morgan fingerprint density at radius 3 is 2.79 bits per heavy atom. The summed E-state index contributed by atoms with van der Waals surface area (Å²) in [6, 6.07) is 14.1. The molecule has 3 rings (SSSR count). The largest absolute Gasteiger partial charge is 0.378 e. The number of benzene rings is 2. The van der Waals surface area contributed by atoms with Crippen LogP contribution < -0.4 is 10.0 Å². The van der Waals surface area contributed by atoms with Gasteiger partial charge in [0.25, 0.3) is 0 Å². The van der Waals surface area contributed by atoms with Crippen molar-refractivity contribution in [3.63, 3.8) is 0 Å². The SMILES string of the molecule is C=NSc1cc(NS(C)=O)ccc1NCc1nn(CCC(C)C)c2ccccc12. The van der Waals surface area contributed by atoms with E-state index in [1.807, 2.05) is 18.2 Å². The fraction of sp³-hybridized carbons (Fsp3) is 0.333. The van der Waals surface area contributed by atoms with Crippen molar-refractivity contribution < 1.29 is 4.21 Å². The van der Waals surface area contributed by atoms with Gasteiger partial charge in [0.1, 0.15) is 11.0 Å². The second-order valence-electron chi connectivity index (χ2n) is 7.21. The molecule has 2 aromatic carbocycles. The number of aryl methyl sites for hydroxylation is 1. The van der Waals surface area contributed by atoms with Crippen LogP contribution in [-0.4, -0.2) is 27.0 Å². The summed E-state index contributed by atoms with van der Waals surface area (Å²) in [4.78, 5) is 0.916. The summed E-state index contributed by atoms with van der Waals surface area (Å²) >= 11 is 1.29. The highest BCUT2D eigenvalue weighted by molar-refractivity contribution is 7.98. The van der Waals surface area contributed by atoms with Crippen molar-refractivity contribution in [2.24, 2.45) is 10.3 Å². The van der Waals surface area contributed by atoms with Crippen LogP contribution in [0.25, 0.3) is 10.9 Å². The number of anilines is 2. The number of hydrogen-bond acceptors (Lipinski definition) is 5. The third kappa shape index (κ3) is 5.61. The summed E-state index contributed by atoms with van der Waals surface area (Å²) in [5, 5.41) is 9.51. The summed E-state index contributed by atoms with van der Waals surface area (Å²) in [7, 11) is -1.13. The minimum Gasteiger partial charge on any atom is -0.378 e. The summed E-state index contributed by atoms with van der Waals surface area (Å²) < 4.78 is 20.4. The Morgan fingerprint density at radius 1 is 1.28 bits per heavy atom. The van der Waals surface area contributed by atoms with Gasteiger partial charge in [-0.2, -0.15) is 5.10 Å². The van der Waals surface area contributed by atoms with Gasteiger partial charge in [-0.05, 0) is 43.3 Å². The number of nitrogens with one attached hydrogen (secondary N) is 2. The van der Waals surface area contributed by atoms with Crippen LogP contribution in [0.1, 0.15) is 26.0 Å². The van der Waals surface area contributed by atoms with Gasteiger partial charge in [0.2, 0.25) is 0 Å². The molecule has 1 aromatic heterocycles. The molecular formula is C21H27N5OS2. The molecule has 0 aliphatic carbocycles. The zero-order valence-electron chi connectivity index (χ0n) is 17.0. The summed E-state index contributed by atoms with van der Waals surface area (Å²) in [6.45, 7) is 9.55. The molecular weight excluding hydrogens is 402 g/mol. The van der Waals surface area contributed by atoms with Gasteiger partial charge >= 0.3 is 0 Å². The molecule has 0 radical (unpaired) electrons. The molecule has 1 heterocycles. The van der Waals surface area contributed by atoms with E-state index in [0.29, 0.717) is 12.5 Å². The average molecular weight is 430 g/mol. The lowest BCUT2D eigenvalue weighted by Crippen LogP contribution is -2.06. The van der Waals surface area contributed by atoms with Crippen molar-refractivity contribution in [3.8, 4) is 0 Å². The Morgan fingerprint density at radius 2 is 2.07 bits per heavy atom. The molecule has 0 saturated carbocycles. The molecule has 0 aliphatic rings. The number of fused-ring (bicyclic) bond motifs is 1. The van der Waals surface area contributed by atoms with Crippen molar-refractivity contribution >= 4 is 51.9 Å². The zero-order chi connectivity index (χ0) is 20.8. The third-order valence-electron chi connectivity index (χ3n) is 4.51. The highest BCUT2D eigenvalue weighted by atomic mass is 32.2. The van der Waals surface area contributed by atoms with E-state index in [4.69, 9.17) is 5.10 Å². The second kappa shape index (κ2) is 9.93. The van der Waals surface area contributed by atoms with E-state index >= 15 is 0 Å². The first kappa shape index (κ1) is 21.4. The van der Waals surface area contributed by atoms with Crippen LogP contribution in [0.15, 0.2) is 51.8 Å². The molecule has 0 amide bonds. The monoisotopic (exact) mass is 429 g/mol. The molecule has 6 nitrogen and oxygen atoms in total. The Hall–Kier alpha value is -2.32. The van der Waals surface area contributed by atoms with Gasteiger partial charge < -0.3 is 10.0 Å². The summed E-state index contributed by atoms with van der Waals surface area (Å²) in [6.07, 6.45) is 2.70. The van der Waals surface area contributed by atoms with Crippen LogP contribution >= 0.6 is 11.9 Å². The van der Waals surface area contributed by atoms with Crippen molar-refractivity contribution in [3.05, 3.63) is 48.2 Å². The predicted molar refractivity (Wildman–Crippen MR) is 126 cm³/mol. The maximum atomic E-state index is 11.4. The molecule has 0 bridgehead atoms. The summed E-state index contributed by atoms with van der Waals surface area (Å²) in [5.41, 5.74) is 3.91. The van der Waals surface area contributed by atoms with Gasteiger partial charge in [-0.3, -0.25) is 4.68 Å². The first-order valence-electron chi connectivity index (χ1n) is 9.53. The lowest BCUT2D eigenvalue weighted by molar-refractivity contribution is 0.494. The van der Waals surface area contributed by atoms with Gasteiger partial charge in [-0.15, -0.1) is 0 Å². The minimum absolute atomic E-state index is 0.604. The van der Waals surface area contributed by atoms with E-state index in [-0.39, 0.29) is 0 Å². The smallest absolute Gasteiger partial charge is 0.113 e. The third-order valence-corrected chi connectivity index (χ3v) is 5.69. The first-order chi connectivity index (χ1) is 14.0. The normalized spacial score (nSPS) is 12.3. The molecule has 0 fully saturated rings. The van der Waals surface area contributed by atoms with Crippen LogP contribution in [0.5, 0.6) is 0 Å². The molecule has 3 aromatic rings. The van der Waals surface area contributed by atoms with E-state index < -0.39 is 11.0 Å². The quantitative estimate of drug-likeness (QED) is 0.347. The van der Waals surface area contributed by atoms with Crippen LogP contribution in [-0.2, 0) is 24.1 Å². The summed E-state index contributed by atoms with van der Waals surface area (Å²) in [5.74, 6) is 0.634. The molecule has 29 heavy (non-hydrogen) atoms. The lowest BCUT2D eigenvalue weighted by atomic mass is 10.1. The number of nitrogens with zero attached hydrogens (tertiary/aromatic N) is 3. The van der Waals surface area contributed by atoms with E-state index in [1.54, 1.807) is 6.26 Å². The van der Waals surface area contributed by atoms with E-state index in [0.717, 1.165) is 40.4 Å². The standard InChI is InChI=1S/C21H27N5OS2/c1-15(2)11-12-26-20-8-6-5-7-17(20)19(24-26)14-23-18-10-9-16(25-29(4)27)13-21(18)28-22-3/h5-10,13,15,23,25H,3,11-12,14H2,1-2,4H3. The number of aromatic nitrogens is 2. The zero-order valence-corrected chi connectivity index (χ0v) is 18.6. The highest BCUT2D eigenvalue weighted by Crippen LogP contribution is 2.31. The highest BCUT2D eigenvalue weighted by Gasteiger charge is 2.12. The van der Waals surface area contributed by atoms with Gasteiger partial charge in [-0.25, -0.2) is 8.61 Å². The minimum atomic E-state index is -1.13. The van der Waals surface area contributed by atoms with Crippen molar-refractivity contribution in [2.45, 2.75) is 38.3 Å². The van der Waals surface area contributed by atoms with Gasteiger partial charge in [-0.1, -0.05) is 32.0 Å². The van der Waals surface area contributed by atoms with E-state index in [1.165, 1.54) is 17.3 Å². The fourth-order valence-electron chi connectivity index (χ4n) is 3.10. The van der Waals surface area contributed by atoms with Crippen molar-refractivity contribution in [1.82, 2.24) is 9.78 Å². The fourth-order valence-corrected chi connectivity index (χ4v) is 4.12. The average Bonchev–Trinajstić information content (AvgIpc) is 3.03.